The molecule has 0 spiro atoms. The van der Waals surface area contributed by atoms with E-state index in [9.17, 15) is 9.59 Å². The fourth-order valence-electron chi connectivity index (χ4n) is 1.90. The number of carbonyl (C=O) groups excluding carboxylic acids is 1. The quantitative estimate of drug-likeness (QED) is 0.883. The number of benzene rings is 1. The van der Waals surface area contributed by atoms with Crippen LogP contribution in [0.3, 0.4) is 0 Å². The number of hydrogen-bond donors (Lipinski definition) is 2. The third-order valence-electron chi connectivity index (χ3n) is 3.10. The number of rotatable bonds is 5. The molecule has 6 nitrogen and oxygen atoms in total. The van der Waals surface area contributed by atoms with E-state index >= 15 is 0 Å². The minimum absolute atomic E-state index is 0.00168. The minimum atomic E-state index is -1.10. The molecule has 116 valence electrons. The summed E-state index contributed by atoms with van der Waals surface area (Å²) in [5, 5.41) is 15.6. The van der Waals surface area contributed by atoms with Gasteiger partial charge in [-0.1, -0.05) is 42.7 Å². The van der Waals surface area contributed by atoms with Gasteiger partial charge in [-0.3, -0.25) is 4.79 Å². The highest BCUT2D eigenvalue weighted by Gasteiger charge is 2.25. The first-order chi connectivity index (χ1) is 10.4. The molecular formula is C15H15ClN2O4. The van der Waals surface area contributed by atoms with E-state index in [2.05, 4.69) is 10.5 Å². The van der Waals surface area contributed by atoms with Crippen LogP contribution in [0.1, 0.15) is 24.3 Å². The lowest BCUT2D eigenvalue weighted by molar-refractivity contribution is -0.140. The zero-order valence-corrected chi connectivity index (χ0v) is 12.8. The predicted octanol–water partition coefficient (Wildman–Crippen LogP) is 2.83. The van der Waals surface area contributed by atoms with Gasteiger partial charge in [0.2, 0.25) is 0 Å². The summed E-state index contributed by atoms with van der Waals surface area (Å²) in [6.07, 6.45) is 0. The van der Waals surface area contributed by atoms with Gasteiger partial charge in [0.1, 0.15) is 6.04 Å². The summed E-state index contributed by atoms with van der Waals surface area (Å²) in [5.41, 5.74) is 0.608. The SMILES string of the molecule is CC(C)[C@@H](NC(=O)c1cc(-c2ccccc2Cl)on1)C(=O)O. The van der Waals surface area contributed by atoms with E-state index in [1.54, 1.807) is 38.1 Å². The molecule has 0 saturated heterocycles. The second kappa shape index (κ2) is 6.62. The average Bonchev–Trinajstić information content (AvgIpc) is 2.94. The van der Waals surface area contributed by atoms with Crippen LogP contribution in [0.2, 0.25) is 5.02 Å². The molecule has 1 aromatic carbocycles. The van der Waals surface area contributed by atoms with Crippen molar-refractivity contribution in [2.45, 2.75) is 19.9 Å². The molecule has 1 amide bonds. The maximum absolute atomic E-state index is 12.1. The van der Waals surface area contributed by atoms with E-state index in [0.717, 1.165) is 0 Å². The topological polar surface area (TPSA) is 92.4 Å². The van der Waals surface area contributed by atoms with E-state index in [4.69, 9.17) is 21.2 Å². The number of nitrogens with one attached hydrogen (secondary N) is 1. The molecule has 2 N–H and O–H groups in total. The Balaban J connectivity index is 2.19. The smallest absolute Gasteiger partial charge is 0.326 e. The van der Waals surface area contributed by atoms with Gasteiger partial charge < -0.3 is 14.9 Å². The van der Waals surface area contributed by atoms with Crippen LogP contribution in [0.4, 0.5) is 0 Å². The molecule has 1 atom stereocenters. The molecule has 0 aliphatic rings. The monoisotopic (exact) mass is 322 g/mol. The maximum atomic E-state index is 12.1. The summed E-state index contributed by atoms with van der Waals surface area (Å²) in [4.78, 5) is 23.2. The van der Waals surface area contributed by atoms with Crippen LogP contribution in [-0.2, 0) is 4.79 Å². The van der Waals surface area contributed by atoms with Crippen molar-refractivity contribution in [3.05, 3.63) is 41.0 Å². The van der Waals surface area contributed by atoms with Crippen LogP contribution >= 0.6 is 11.6 Å². The Labute approximate surface area is 132 Å². The first-order valence-corrected chi connectivity index (χ1v) is 7.03. The largest absolute Gasteiger partial charge is 0.480 e. The Morgan fingerprint density at radius 2 is 2.00 bits per heavy atom. The maximum Gasteiger partial charge on any atom is 0.326 e. The van der Waals surface area contributed by atoms with Crippen LogP contribution in [0.15, 0.2) is 34.9 Å². The Bertz CT molecular complexity index is 696. The van der Waals surface area contributed by atoms with Crippen molar-refractivity contribution < 1.29 is 19.2 Å². The van der Waals surface area contributed by atoms with Crippen molar-refractivity contribution in [2.24, 2.45) is 5.92 Å². The van der Waals surface area contributed by atoms with Crippen molar-refractivity contribution in [3.63, 3.8) is 0 Å². The van der Waals surface area contributed by atoms with Gasteiger partial charge >= 0.3 is 5.97 Å². The third-order valence-corrected chi connectivity index (χ3v) is 3.43. The lowest BCUT2D eigenvalue weighted by Gasteiger charge is -2.16. The van der Waals surface area contributed by atoms with E-state index in [1.807, 2.05) is 0 Å². The van der Waals surface area contributed by atoms with E-state index in [1.165, 1.54) is 6.07 Å². The lowest BCUT2D eigenvalue weighted by Crippen LogP contribution is -2.44. The van der Waals surface area contributed by atoms with Gasteiger partial charge in [-0.2, -0.15) is 0 Å². The Hall–Kier alpha value is -2.34. The summed E-state index contributed by atoms with van der Waals surface area (Å²) >= 11 is 6.05. The fraction of sp³-hybridized carbons (Fsp3) is 0.267. The van der Waals surface area contributed by atoms with Crippen molar-refractivity contribution >= 4 is 23.5 Å². The first-order valence-electron chi connectivity index (χ1n) is 6.65. The summed E-state index contributed by atoms with van der Waals surface area (Å²) < 4.78 is 5.11. The van der Waals surface area contributed by atoms with Crippen LogP contribution in [0, 0.1) is 5.92 Å². The molecule has 1 aromatic heterocycles. The molecule has 0 radical (unpaired) electrons. The summed E-state index contributed by atoms with van der Waals surface area (Å²) in [6.45, 7) is 3.41. The Kier molecular flexibility index (Phi) is 4.82. The molecule has 0 saturated carbocycles. The Morgan fingerprint density at radius 3 is 2.59 bits per heavy atom. The highest BCUT2D eigenvalue weighted by atomic mass is 35.5. The molecule has 2 aromatic rings. The number of halogens is 1. The van der Waals surface area contributed by atoms with Crippen molar-refractivity contribution in [3.8, 4) is 11.3 Å². The number of amides is 1. The molecule has 1 heterocycles. The second-order valence-corrected chi connectivity index (χ2v) is 5.50. The van der Waals surface area contributed by atoms with Crippen molar-refractivity contribution in [1.82, 2.24) is 10.5 Å². The predicted molar refractivity (Wildman–Crippen MR) is 80.7 cm³/mol. The standard InChI is InChI=1S/C15H15ClN2O4/c1-8(2)13(15(20)21)17-14(19)11-7-12(22-18-11)9-5-3-4-6-10(9)16/h3-8,13H,1-2H3,(H,17,19)(H,20,21)/t13-/m1/s1. The number of aromatic nitrogens is 1. The van der Waals surface area contributed by atoms with Gasteiger partial charge in [-0.05, 0) is 18.1 Å². The first kappa shape index (κ1) is 16.0. The van der Waals surface area contributed by atoms with E-state index < -0.39 is 17.9 Å². The average molecular weight is 323 g/mol. The number of hydrogen-bond acceptors (Lipinski definition) is 4. The molecule has 7 heteroatoms. The number of carboxylic acid groups (broad SMARTS) is 1. The van der Waals surface area contributed by atoms with Gasteiger partial charge in [-0.25, -0.2) is 4.79 Å². The summed E-state index contributed by atoms with van der Waals surface area (Å²) in [6, 6.07) is 7.42. The van der Waals surface area contributed by atoms with Gasteiger partial charge in [0.25, 0.3) is 5.91 Å². The fourth-order valence-corrected chi connectivity index (χ4v) is 2.13. The van der Waals surface area contributed by atoms with Crippen molar-refractivity contribution in [1.29, 1.82) is 0 Å². The van der Waals surface area contributed by atoms with Crippen LogP contribution in [0.5, 0.6) is 0 Å². The molecule has 0 bridgehead atoms. The molecule has 0 aliphatic carbocycles. The number of aliphatic carboxylic acids is 1. The molecule has 0 unspecified atom stereocenters. The zero-order valence-electron chi connectivity index (χ0n) is 12.0. The minimum Gasteiger partial charge on any atom is -0.480 e. The molecular weight excluding hydrogens is 308 g/mol. The molecule has 2 rings (SSSR count). The van der Waals surface area contributed by atoms with Gasteiger partial charge in [0.15, 0.2) is 11.5 Å². The third kappa shape index (κ3) is 3.46. The summed E-state index contributed by atoms with van der Waals surface area (Å²) in [5.74, 6) is -1.62. The number of nitrogens with zero attached hydrogens (tertiary/aromatic N) is 1. The van der Waals surface area contributed by atoms with Gasteiger partial charge in [0.05, 0.1) is 5.02 Å². The van der Waals surface area contributed by atoms with Crippen LogP contribution in [-0.4, -0.2) is 28.2 Å². The van der Waals surface area contributed by atoms with Crippen LogP contribution in [0.25, 0.3) is 11.3 Å². The Morgan fingerprint density at radius 1 is 1.32 bits per heavy atom. The van der Waals surface area contributed by atoms with Crippen molar-refractivity contribution in [2.75, 3.05) is 0 Å². The van der Waals surface area contributed by atoms with E-state index in [0.29, 0.717) is 16.3 Å². The highest BCUT2D eigenvalue weighted by molar-refractivity contribution is 6.33. The molecule has 0 fully saturated rings. The zero-order chi connectivity index (χ0) is 16.3. The normalized spacial score (nSPS) is 12.2. The number of carboxylic acids is 1. The van der Waals surface area contributed by atoms with Gasteiger partial charge in [0, 0.05) is 11.6 Å². The molecule has 0 aliphatic heterocycles. The molecule has 22 heavy (non-hydrogen) atoms. The lowest BCUT2D eigenvalue weighted by atomic mass is 10.0. The summed E-state index contributed by atoms with van der Waals surface area (Å²) in [7, 11) is 0. The second-order valence-electron chi connectivity index (χ2n) is 5.09. The van der Waals surface area contributed by atoms with E-state index in [-0.39, 0.29) is 11.6 Å². The van der Waals surface area contributed by atoms with Crippen LogP contribution < -0.4 is 5.32 Å². The number of carbonyl (C=O) groups is 2. The highest BCUT2D eigenvalue weighted by Crippen LogP contribution is 2.27. The van der Waals surface area contributed by atoms with Gasteiger partial charge in [-0.15, -0.1) is 0 Å².